The molecule has 0 aromatic carbocycles. The summed E-state index contributed by atoms with van der Waals surface area (Å²) in [4.78, 5) is 11.6. The van der Waals surface area contributed by atoms with Gasteiger partial charge in [-0.1, -0.05) is 6.92 Å². The topological polar surface area (TPSA) is 52.9 Å². The summed E-state index contributed by atoms with van der Waals surface area (Å²) in [5.41, 5.74) is -0.581. The number of rotatable bonds is 4. The molecule has 1 N–H and O–H groups in total. The van der Waals surface area contributed by atoms with E-state index in [-0.39, 0.29) is 5.91 Å². The van der Waals surface area contributed by atoms with Crippen LogP contribution in [-0.4, -0.2) is 23.5 Å². The third-order valence-corrected chi connectivity index (χ3v) is 3.87. The van der Waals surface area contributed by atoms with Crippen LogP contribution in [-0.2, 0) is 4.79 Å². The van der Waals surface area contributed by atoms with Crippen LogP contribution < -0.4 is 5.32 Å². The van der Waals surface area contributed by atoms with E-state index in [9.17, 15) is 10.1 Å². The van der Waals surface area contributed by atoms with Crippen molar-refractivity contribution in [3.05, 3.63) is 0 Å². The molecule has 1 amide bonds. The monoisotopic (exact) mass is 240 g/mol. The summed E-state index contributed by atoms with van der Waals surface area (Å²) in [6, 6.07) is 2.31. The average Bonchev–Trinajstić information content (AvgIpc) is 2.30. The van der Waals surface area contributed by atoms with Gasteiger partial charge in [-0.15, -0.1) is 0 Å². The Kier molecular flexibility index (Phi) is 5.14. The Morgan fingerprint density at radius 3 is 2.69 bits per heavy atom. The van der Waals surface area contributed by atoms with Gasteiger partial charge in [-0.05, 0) is 37.9 Å². The van der Waals surface area contributed by atoms with E-state index in [1.807, 2.05) is 6.26 Å². The summed E-state index contributed by atoms with van der Waals surface area (Å²) >= 11 is 1.66. The van der Waals surface area contributed by atoms with Crippen molar-refractivity contribution in [2.45, 2.75) is 44.6 Å². The molecule has 90 valence electrons. The van der Waals surface area contributed by atoms with E-state index in [1.54, 1.807) is 11.8 Å². The molecular weight excluding hydrogens is 220 g/mol. The summed E-state index contributed by atoms with van der Waals surface area (Å²) in [6.07, 6.45) is 6.17. The van der Waals surface area contributed by atoms with Crippen LogP contribution >= 0.6 is 11.8 Å². The average molecular weight is 240 g/mol. The predicted octanol–water partition coefficient (Wildman–Crippen LogP) is 2.33. The van der Waals surface area contributed by atoms with Crippen molar-refractivity contribution in [2.75, 3.05) is 12.0 Å². The molecule has 0 radical (unpaired) electrons. The van der Waals surface area contributed by atoms with Crippen LogP contribution in [0.3, 0.4) is 0 Å². The third kappa shape index (κ3) is 3.71. The number of carbonyl (C=O) groups is 1. The maximum Gasteiger partial charge on any atom is 0.222 e. The molecule has 16 heavy (non-hydrogen) atoms. The lowest BCUT2D eigenvalue weighted by Crippen LogP contribution is -2.49. The van der Waals surface area contributed by atoms with Crippen LogP contribution in [0.5, 0.6) is 0 Å². The molecule has 0 spiro atoms. The summed E-state index contributed by atoms with van der Waals surface area (Å²) < 4.78 is 0. The van der Waals surface area contributed by atoms with Crippen molar-refractivity contribution >= 4 is 17.7 Å². The van der Waals surface area contributed by atoms with Crippen LogP contribution in [0.4, 0.5) is 0 Å². The number of carbonyl (C=O) groups excluding carboxylic acids is 1. The Labute approximate surface area is 102 Å². The Bertz CT molecular complexity index is 277. The first-order valence-electron chi connectivity index (χ1n) is 5.83. The second kappa shape index (κ2) is 6.15. The molecule has 1 fully saturated rings. The standard InChI is InChI=1S/C12H20N2OS/c1-10-3-6-12(9-13,7-4-10)14-11(15)5-8-16-2/h10H,3-8H2,1-2H3,(H,14,15). The van der Waals surface area contributed by atoms with Crippen LogP contribution in [0.25, 0.3) is 0 Å². The third-order valence-electron chi connectivity index (χ3n) is 3.25. The quantitative estimate of drug-likeness (QED) is 0.820. The zero-order valence-corrected chi connectivity index (χ0v) is 10.9. The van der Waals surface area contributed by atoms with Crippen LogP contribution in [0.15, 0.2) is 0 Å². The van der Waals surface area contributed by atoms with Crippen LogP contribution in [0.2, 0.25) is 0 Å². The summed E-state index contributed by atoms with van der Waals surface area (Å²) in [5, 5.41) is 12.2. The zero-order chi connectivity index (χ0) is 12.0. The summed E-state index contributed by atoms with van der Waals surface area (Å²) in [5.74, 6) is 1.53. The molecule has 0 bridgehead atoms. The number of nitriles is 1. The first-order valence-corrected chi connectivity index (χ1v) is 7.22. The second-order valence-electron chi connectivity index (χ2n) is 4.67. The minimum Gasteiger partial charge on any atom is -0.338 e. The van der Waals surface area contributed by atoms with E-state index < -0.39 is 5.54 Å². The Morgan fingerprint density at radius 1 is 1.56 bits per heavy atom. The molecule has 0 unspecified atom stereocenters. The van der Waals surface area contributed by atoms with Gasteiger partial charge in [0.25, 0.3) is 0 Å². The summed E-state index contributed by atoms with van der Waals surface area (Å²) in [7, 11) is 0. The summed E-state index contributed by atoms with van der Waals surface area (Å²) in [6.45, 7) is 2.21. The molecule has 1 saturated carbocycles. The van der Waals surface area contributed by atoms with Gasteiger partial charge in [0.1, 0.15) is 5.54 Å². The minimum atomic E-state index is -0.581. The van der Waals surface area contributed by atoms with Gasteiger partial charge >= 0.3 is 0 Å². The molecule has 3 nitrogen and oxygen atoms in total. The van der Waals surface area contributed by atoms with Gasteiger partial charge in [-0.3, -0.25) is 4.79 Å². The second-order valence-corrected chi connectivity index (χ2v) is 5.65. The van der Waals surface area contributed by atoms with Gasteiger partial charge in [0.15, 0.2) is 0 Å². The molecule has 1 aliphatic carbocycles. The fourth-order valence-corrected chi connectivity index (χ4v) is 2.43. The molecule has 4 heteroatoms. The van der Waals surface area contributed by atoms with E-state index in [1.165, 1.54) is 0 Å². The van der Waals surface area contributed by atoms with Gasteiger partial charge < -0.3 is 5.32 Å². The SMILES string of the molecule is CSCCC(=O)NC1(C#N)CCC(C)CC1. The molecule has 0 aromatic rings. The molecule has 1 aliphatic rings. The van der Waals surface area contributed by atoms with Crippen molar-refractivity contribution in [1.29, 1.82) is 5.26 Å². The van der Waals surface area contributed by atoms with Gasteiger partial charge in [-0.2, -0.15) is 17.0 Å². The molecule has 0 saturated heterocycles. The highest BCUT2D eigenvalue weighted by Crippen LogP contribution is 2.31. The highest BCUT2D eigenvalue weighted by Gasteiger charge is 2.35. The van der Waals surface area contributed by atoms with E-state index in [2.05, 4.69) is 18.3 Å². The van der Waals surface area contributed by atoms with E-state index in [0.717, 1.165) is 31.4 Å². The van der Waals surface area contributed by atoms with Crippen molar-refractivity contribution in [1.82, 2.24) is 5.32 Å². The Morgan fingerprint density at radius 2 is 2.19 bits per heavy atom. The number of thioether (sulfide) groups is 1. The maximum atomic E-state index is 11.6. The fourth-order valence-electron chi connectivity index (χ4n) is 2.04. The lowest BCUT2D eigenvalue weighted by Gasteiger charge is -2.34. The number of nitrogens with zero attached hydrogens (tertiary/aromatic N) is 1. The lowest BCUT2D eigenvalue weighted by molar-refractivity contribution is -0.122. The number of hydrogen-bond donors (Lipinski definition) is 1. The number of nitrogens with one attached hydrogen (secondary N) is 1. The number of amides is 1. The molecular formula is C12H20N2OS. The van der Waals surface area contributed by atoms with Crippen LogP contribution in [0.1, 0.15) is 39.0 Å². The normalized spacial score (nSPS) is 29.4. The van der Waals surface area contributed by atoms with Gasteiger partial charge in [0, 0.05) is 12.2 Å². The van der Waals surface area contributed by atoms with Gasteiger partial charge in [0.05, 0.1) is 6.07 Å². The van der Waals surface area contributed by atoms with Crippen molar-refractivity contribution in [3.8, 4) is 6.07 Å². The van der Waals surface area contributed by atoms with Crippen molar-refractivity contribution < 1.29 is 4.79 Å². The molecule has 0 aromatic heterocycles. The highest BCUT2D eigenvalue weighted by atomic mass is 32.2. The molecule has 0 aliphatic heterocycles. The van der Waals surface area contributed by atoms with Gasteiger partial charge in [0.2, 0.25) is 5.91 Å². The van der Waals surface area contributed by atoms with Crippen molar-refractivity contribution in [3.63, 3.8) is 0 Å². The number of hydrogen-bond acceptors (Lipinski definition) is 3. The predicted molar refractivity (Wildman–Crippen MR) is 67.1 cm³/mol. The van der Waals surface area contributed by atoms with E-state index >= 15 is 0 Å². The fraction of sp³-hybridized carbons (Fsp3) is 0.833. The largest absolute Gasteiger partial charge is 0.338 e. The maximum absolute atomic E-state index is 11.6. The Balaban J connectivity index is 2.48. The molecule has 0 atom stereocenters. The van der Waals surface area contributed by atoms with Crippen molar-refractivity contribution in [2.24, 2.45) is 5.92 Å². The highest BCUT2D eigenvalue weighted by molar-refractivity contribution is 7.98. The first-order chi connectivity index (χ1) is 7.62. The first kappa shape index (κ1) is 13.4. The minimum absolute atomic E-state index is 0.0189. The zero-order valence-electron chi connectivity index (χ0n) is 10.1. The van der Waals surface area contributed by atoms with Gasteiger partial charge in [-0.25, -0.2) is 0 Å². The van der Waals surface area contributed by atoms with E-state index in [4.69, 9.17) is 0 Å². The Hall–Kier alpha value is -0.690. The molecule has 0 heterocycles. The lowest BCUT2D eigenvalue weighted by atomic mass is 9.78. The molecule has 1 rings (SSSR count). The van der Waals surface area contributed by atoms with Crippen LogP contribution in [0, 0.1) is 17.2 Å². The smallest absolute Gasteiger partial charge is 0.222 e. The van der Waals surface area contributed by atoms with E-state index in [0.29, 0.717) is 12.3 Å².